The average molecular weight is 506 g/mol. The van der Waals surface area contributed by atoms with E-state index in [1.165, 1.54) is 34.6 Å². The molecule has 1 N–H and O–H groups in total. The molecule has 0 bridgehead atoms. The number of hydrogen-bond donors (Lipinski definition) is 1. The van der Waals surface area contributed by atoms with E-state index in [0.717, 1.165) is 0 Å². The molecule has 0 radical (unpaired) electrons. The lowest BCUT2D eigenvalue weighted by molar-refractivity contribution is -0.128. The summed E-state index contributed by atoms with van der Waals surface area (Å²) in [6.07, 6.45) is 1.09. The number of sulfonamides is 1. The van der Waals surface area contributed by atoms with Crippen LogP contribution in [-0.4, -0.2) is 26.9 Å². The van der Waals surface area contributed by atoms with Crippen molar-refractivity contribution in [2.75, 3.05) is 10.8 Å². The SMILES string of the molecule is CC(CCCNC(=O)C(C)(C)C)N(c1cc(Cl)ccc1Cl)S(=O)(=O)c1ccc(Cl)cc1. The Hall–Kier alpha value is -1.47. The molecule has 0 aliphatic rings. The highest BCUT2D eigenvalue weighted by molar-refractivity contribution is 7.92. The van der Waals surface area contributed by atoms with Crippen LogP contribution in [0.4, 0.5) is 5.69 Å². The number of anilines is 1. The van der Waals surface area contributed by atoms with Crippen molar-refractivity contribution in [3.63, 3.8) is 0 Å². The zero-order chi connectivity index (χ0) is 23.4. The minimum absolute atomic E-state index is 0.0521. The summed E-state index contributed by atoms with van der Waals surface area (Å²) < 4.78 is 28.4. The smallest absolute Gasteiger partial charge is 0.264 e. The third kappa shape index (κ3) is 6.75. The molecule has 2 aromatic rings. The van der Waals surface area contributed by atoms with Crippen LogP contribution in [0.25, 0.3) is 0 Å². The van der Waals surface area contributed by atoms with Gasteiger partial charge in [0.15, 0.2) is 0 Å². The Morgan fingerprint density at radius 1 is 1.03 bits per heavy atom. The van der Waals surface area contributed by atoms with Gasteiger partial charge in [-0.15, -0.1) is 0 Å². The second kappa shape index (κ2) is 10.4. The topological polar surface area (TPSA) is 66.5 Å². The third-order valence-electron chi connectivity index (χ3n) is 4.68. The first-order chi connectivity index (χ1) is 14.3. The molecule has 0 saturated carbocycles. The van der Waals surface area contributed by atoms with Gasteiger partial charge >= 0.3 is 0 Å². The first-order valence-corrected chi connectivity index (χ1v) is 12.4. The van der Waals surface area contributed by atoms with Gasteiger partial charge in [0.25, 0.3) is 10.0 Å². The van der Waals surface area contributed by atoms with Gasteiger partial charge in [-0.1, -0.05) is 55.6 Å². The van der Waals surface area contributed by atoms with E-state index in [9.17, 15) is 13.2 Å². The molecule has 170 valence electrons. The molecule has 1 atom stereocenters. The van der Waals surface area contributed by atoms with Crippen molar-refractivity contribution in [2.45, 2.75) is 51.5 Å². The molecule has 1 unspecified atom stereocenters. The molecule has 0 spiro atoms. The van der Waals surface area contributed by atoms with Gasteiger partial charge in [-0.2, -0.15) is 0 Å². The van der Waals surface area contributed by atoms with Crippen LogP contribution in [0.3, 0.4) is 0 Å². The number of carbonyl (C=O) groups excluding carboxylic acids is 1. The molecule has 2 aromatic carbocycles. The van der Waals surface area contributed by atoms with E-state index >= 15 is 0 Å². The highest BCUT2D eigenvalue weighted by Gasteiger charge is 2.31. The number of halogens is 3. The Morgan fingerprint density at radius 2 is 1.61 bits per heavy atom. The fourth-order valence-electron chi connectivity index (χ4n) is 2.96. The predicted octanol–water partition coefficient (Wildman–Crippen LogP) is 6.17. The Bertz CT molecular complexity index is 1020. The van der Waals surface area contributed by atoms with Crippen LogP contribution in [0.5, 0.6) is 0 Å². The largest absolute Gasteiger partial charge is 0.356 e. The van der Waals surface area contributed by atoms with E-state index in [1.54, 1.807) is 19.1 Å². The molecular formula is C22H27Cl3N2O3S. The van der Waals surface area contributed by atoms with Gasteiger partial charge in [0, 0.05) is 28.0 Å². The van der Waals surface area contributed by atoms with Gasteiger partial charge in [-0.05, 0) is 62.2 Å². The summed E-state index contributed by atoms with van der Waals surface area (Å²) in [7, 11) is -3.94. The summed E-state index contributed by atoms with van der Waals surface area (Å²) >= 11 is 18.4. The van der Waals surface area contributed by atoms with Crippen molar-refractivity contribution >= 4 is 56.4 Å². The summed E-state index contributed by atoms with van der Waals surface area (Å²) in [6, 6.07) is 10.2. The molecule has 5 nitrogen and oxygen atoms in total. The van der Waals surface area contributed by atoms with Crippen LogP contribution < -0.4 is 9.62 Å². The summed E-state index contributed by atoms with van der Waals surface area (Å²) in [6.45, 7) is 7.76. The lowest BCUT2D eigenvalue weighted by Gasteiger charge is -2.31. The van der Waals surface area contributed by atoms with Crippen molar-refractivity contribution in [1.82, 2.24) is 5.32 Å². The maximum Gasteiger partial charge on any atom is 0.264 e. The number of carbonyl (C=O) groups is 1. The van der Waals surface area contributed by atoms with E-state index in [0.29, 0.717) is 35.1 Å². The van der Waals surface area contributed by atoms with Crippen LogP contribution in [0, 0.1) is 5.41 Å². The predicted molar refractivity (Wildman–Crippen MR) is 129 cm³/mol. The van der Waals surface area contributed by atoms with Crippen molar-refractivity contribution in [1.29, 1.82) is 0 Å². The molecule has 9 heteroatoms. The van der Waals surface area contributed by atoms with Crippen molar-refractivity contribution < 1.29 is 13.2 Å². The van der Waals surface area contributed by atoms with Crippen LogP contribution in [0.2, 0.25) is 15.1 Å². The minimum Gasteiger partial charge on any atom is -0.356 e. The summed E-state index contributed by atoms with van der Waals surface area (Å²) in [4.78, 5) is 12.2. The third-order valence-corrected chi connectivity index (χ3v) is 7.43. The highest BCUT2D eigenvalue weighted by atomic mass is 35.5. The van der Waals surface area contributed by atoms with Crippen LogP contribution in [-0.2, 0) is 14.8 Å². The summed E-state index contributed by atoms with van der Waals surface area (Å²) in [5, 5.41) is 3.97. The number of benzene rings is 2. The maximum absolute atomic E-state index is 13.5. The molecule has 0 fully saturated rings. The number of hydrogen-bond acceptors (Lipinski definition) is 3. The molecular weight excluding hydrogens is 479 g/mol. The fraction of sp³-hybridized carbons (Fsp3) is 0.409. The zero-order valence-electron chi connectivity index (χ0n) is 18.0. The maximum atomic E-state index is 13.5. The molecule has 0 aliphatic carbocycles. The minimum atomic E-state index is -3.94. The lowest BCUT2D eigenvalue weighted by atomic mass is 9.96. The van der Waals surface area contributed by atoms with Gasteiger partial charge in [0.2, 0.25) is 5.91 Å². The Morgan fingerprint density at radius 3 is 2.19 bits per heavy atom. The van der Waals surface area contributed by atoms with Gasteiger partial charge in [0.1, 0.15) is 0 Å². The van der Waals surface area contributed by atoms with Gasteiger partial charge < -0.3 is 5.32 Å². The van der Waals surface area contributed by atoms with Gasteiger partial charge in [0.05, 0.1) is 15.6 Å². The van der Waals surface area contributed by atoms with Gasteiger partial charge in [-0.3, -0.25) is 9.10 Å². The number of nitrogens with zero attached hydrogens (tertiary/aromatic N) is 1. The number of amides is 1. The van der Waals surface area contributed by atoms with Crippen LogP contribution in [0.15, 0.2) is 47.4 Å². The molecule has 1 amide bonds. The highest BCUT2D eigenvalue weighted by Crippen LogP contribution is 2.35. The second-order valence-corrected chi connectivity index (χ2v) is 11.4. The zero-order valence-corrected chi connectivity index (χ0v) is 21.0. The standard InChI is InChI=1S/C22H27Cl3N2O3S/c1-15(6-5-13-26-21(28)22(2,3)4)27(20-14-17(24)9-12-19(20)25)31(29,30)18-10-7-16(23)8-11-18/h7-12,14-15H,5-6,13H2,1-4H3,(H,26,28). The lowest BCUT2D eigenvalue weighted by Crippen LogP contribution is -2.40. The monoisotopic (exact) mass is 504 g/mol. The van der Waals surface area contributed by atoms with Crippen LogP contribution >= 0.6 is 34.8 Å². The second-order valence-electron chi connectivity index (χ2n) is 8.35. The average Bonchev–Trinajstić information content (AvgIpc) is 2.67. The van der Waals surface area contributed by atoms with E-state index in [2.05, 4.69) is 5.32 Å². The van der Waals surface area contributed by atoms with Crippen molar-refractivity contribution in [3.8, 4) is 0 Å². The number of nitrogens with one attached hydrogen (secondary N) is 1. The number of rotatable bonds is 8. The molecule has 0 aromatic heterocycles. The van der Waals surface area contributed by atoms with E-state index in [4.69, 9.17) is 34.8 Å². The Labute approximate surface area is 199 Å². The first-order valence-electron chi connectivity index (χ1n) is 9.87. The molecule has 2 rings (SSSR count). The van der Waals surface area contributed by atoms with Gasteiger partial charge in [-0.25, -0.2) is 8.42 Å². The summed E-state index contributed by atoms with van der Waals surface area (Å²) in [5.41, 5.74) is -0.181. The quantitative estimate of drug-likeness (QED) is 0.436. The van der Waals surface area contributed by atoms with Crippen LogP contribution in [0.1, 0.15) is 40.5 Å². The summed E-state index contributed by atoms with van der Waals surface area (Å²) in [5.74, 6) is -0.0521. The van der Waals surface area contributed by atoms with Crippen molar-refractivity contribution in [2.24, 2.45) is 5.41 Å². The van der Waals surface area contributed by atoms with Crippen molar-refractivity contribution in [3.05, 3.63) is 57.5 Å². The molecule has 0 heterocycles. The Balaban J connectivity index is 2.31. The fourth-order valence-corrected chi connectivity index (χ4v) is 5.21. The Kier molecular flexibility index (Phi) is 8.68. The van der Waals surface area contributed by atoms with E-state index < -0.39 is 21.5 Å². The molecule has 31 heavy (non-hydrogen) atoms. The molecule has 0 aliphatic heterocycles. The van der Waals surface area contributed by atoms with E-state index in [-0.39, 0.29) is 15.8 Å². The normalized spacial score (nSPS) is 13.0. The van der Waals surface area contributed by atoms with E-state index in [1.807, 2.05) is 20.8 Å². The first kappa shape index (κ1) is 25.8. The molecule has 0 saturated heterocycles.